The van der Waals surface area contributed by atoms with E-state index in [1.54, 1.807) is 37.3 Å². The van der Waals surface area contributed by atoms with Crippen LogP contribution in [0.2, 0.25) is 0 Å². The lowest BCUT2D eigenvalue weighted by atomic mass is 10.2. The van der Waals surface area contributed by atoms with Gasteiger partial charge in [0.25, 0.3) is 5.91 Å². The summed E-state index contributed by atoms with van der Waals surface area (Å²) in [5.74, 6) is -0.177. The van der Waals surface area contributed by atoms with Crippen LogP contribution >= 0.6 is 15.9 Å². The third-order valence-corrected chi connectivity index (χ3v) is 3.90. The van der Waals surface area contributed by atoms with E-state index in [2.05, 4.69) is 21.2 Å². The van der Waals surface area contributed by atoms with E-state index in [0.29, 0.717) is 16.9 Å². The van der Waals surface area contributed by atoms with Crippen LogP contribution < -0.4 is 10.1 Å². The van der Waals surface area contributed by atoms with E-state index < -0.39 is 6.10 Å². The van der Waals surface area contributed by atoms with Crippen molar-refractivity contribution in [1.29, 1.82) is 5.26 Å². The standard InChI is InChI=1S/C17H14BrFN2O2/c1-11(23-15-5-2-12(9-20)3-6-15)17(22)21-10-13-8-14(19)4-7-16(13)18/h2-8,11H,10H2,1H3,(H,21,22). The lowest BCUT2D eigenvalue weighted by Gasteiger charge is -2.15. The number of halogens is 2. The average molecular weight is 377 g/mol. The zero-order chi connectivity index (χ0) is 16.8. The summed E-state index contributed by atoms with van der Waals surface area (Å²) in [6.45, 7) is 1.81. The predicted octanol–water partition coefficient (Wildman–Crippen LogP) is 3.54. The molecular formula is C17H14BrFN2O2. The van der Waals surface area contributed by atoms with E-state index in [0.717, 1.165) is 4.47 Å². The molecule has 118 valence electrons. The molecule has 2 aromatic rings. The van der Waals surface area contributed by atoms with E-state index in [4.69, 9.17) is 10.00 Å². The molecule has 0 saturated heterocycles. The second-order valence-electron chi connectivity index (χ2n) is 4.85. The number of nitrogens with one attached hydrogen (secondary N) is 1. The van der Waals surface area contributed by atoms with Crippen molar-refractivity contribution in [3.8, 4) is 11.8 Å². The van der Waals surface area contributed by atoms with Crippen LogP contribution in [0.15, 0.2) is 46.9 Å². The first-order chi connectivity index (χ1) is 11.0. The van der Waals surface area contributed by atoms with Crippen molar-refractivity contribution in [2.45, 2.75) is 19.6 Å². The van der Waals surface area contributed by atoms with Crippen molar-refractivity contribution in [3.05, 3.63) is 63.9 Å². The van der Waals surface area contributed by atoms with E-state index >= 15 is 0 Å². The Labute approximate surface area is 142 Å². The molecule has 0 aliphatic heterocycles. The summed E-state index contributed by atoms with van der Waals surface area (Å²) in [7, 11) is 0. The quantitative estimate of drug-likeness (QED) is 0.867. The van der Waals surface area contributed by atoms with Gasteiger partial charge in [-0.3, -0.25) is 4.79 Å². The molecule has 2 rings (SSSR count). The molecule has 0 aromatic heterocycles. The Kier molecular flexibility index (Phi) is 5.72. The van der Waals surface area contributed by atoms with E-state index in [9.17, 15) is 9.18 Å². The molecule has 1 atom stereocenters. The SMILES string of the molecule is CC(Oc1ccc(C#N)cc1)C(=O)NCc1cc(F)ccc1Br. The summed E-state index contributed by atoms with van der Waals surface area (Å²) < 4.78 is 19.4. The Morgan fingerprint density at radius 2 is 2.04 bits per heavy atom. The smallest absolute Gasteiger partial charge is 0.261 e. The maximum absolute atomic E-state index is 13.2. The Morgan fingerprint density at radius 1 is 1.35 bits per heavy atom. The number of carbonyl (C=O) groups excluding carboxylic acids is 1. The summed E-state index contributed by atoms with van der Waals surface area (Å²) in [4.78, 5) is 12.0. The molecule has 0 bridgehead atoms. The highest BCUT2D eigenvalue weighted by Gasteiger charge is 2.15. The molecule has 0 aliphatic rings. The van der Waals surface area contributed by atoms with Gasteiger partial charge in [0.1, 0.15) is 11.6 Å². The monoisotopic (exact) mass is 376 g/mol. The molecule has 6 heteroatoms. The molecule has 23 heavy (non-hydrogen) atoms. The largest absolute Gasteiger partial charge is 0.481 e. The lowest BCUT2D eigenvalue weighted by Crippen LogP contribution is -2.36. The van der Waals surface area contributed by atoms with Gasteiger partial charge in [0.05, 0.1) is 11.6 Å². The zero-order valence-corrected chi connectivity index (χ0v) is 13.9. The van der Waals surface area contributed by atoms with Crippen molar-refractivity contribution in [2.24, 2.45) is 0 Å². The lowest BCUT2D eigenvalue weighted by molar-refractivity contribution is -0.127. The van der Waals surface area contributed by atoms with Crippen LogP contribution in [-0.4, -0.2) is 12.0 Å². The number of amides is 1. The number of rotatable bonds is 5. The topological polar surface area (TPSA) is 62.1 Å². The summed E-state index contributed by atoms with van der Waals surface area (Å²) in [6, 6.07) is 12.8. The fourth-order valence-electron chi connectivity index (χ4n) is 1.87. The van der Waals surface area contributed by atoms with Gasteiger partial charge in [0.2, 0.25) is 0 Å². The molecule has 0 fully saturated rings. The highest BCUT2D eigenvalue weighted by Crippen LogP contribution is 2.18. The molecule has 1 N–H and O–H groups in total. The molecule has 1 unspecified atom stereocenters. The fourth-order valence-corrected chi connectivity index (χ4v) is 2.26. The fraction of sp³-hybridized carbons (Fsp3) is 0.176. The van der Waals surface area contributed by atoms with Gasteiger partial charge in [0.15, 0.2) is 6.10 Å². The molecule has 0 heterocycles. The number of hydrogen-bond acceptors (Lipinski definition) is 3. The third-order valence-electron chi connectivity index (χ3n) is 3.13. The number of nitrogens with zero attached hydrogens (tertiary/aromatic N) is 1. The maximum Gasteiger partial charge on any atom is 0.261 e. The van der Waals surface area contributed by atoms with E-state index in [1.165, 1.54) is 12.1 Å². The van der Waals surface area contributed by atoms with Crippen LogP contribution in [0.1, 0.15) is 18.1 Å². The number of nitriles is 1. The van der Waals surface area contributed by atoms with Crippen molar-refractivity contribution < 1.29 is 13.9 Å². The third kappa shape index (κ3) is 4.80. The van der Waals surface area contributed by atoms with Gasteiger partial charge in [-0.1, -0.05) is 15.9 Å². The van der Waals surface area contributed by atoms with Crippen molar-refractivity contribution in [1.82, 2.24) is 5.32 Å². The zero-order valence-electron chi connectivity index (χ0n) is 12.3. The average Bonchev–Trinajstić information content (AvgIpc) is 2.56. The summed E-state index contributed by atoms with van der Waals surface area (Å²) >= 11 is 3.31. The van der Waals surface area contributed by atoms with Gasteiger partial charge in [-0.15, -0.1) is 0 Å². The van der Waals surface area contributed by atoms with Crippen molar-refractivity contribution >= 4 is 21.8 Å². The summed E-state index contributed by atoms with van der Waals surface area (Å²) in [6.07, 6.45) is -0.713. The molecule has 4 nitrogen and oxygen atoms in total. The highest BCUT2D eigenvalue weighted by molar-refractivity contribution is 9.10. The number of ether oxygens (including phenoxy) is 1. The van der Waals surface area contributed by atoms with Crippen molar-refractivity contribution in [2.75, 3.05) is 0 Å². The molecule has 2 aromatic carbocycles. The minimum absolute atomic E-state index is 0.193. The Balaban J connectivity index is 1.92. The second-order valence-corrected chi connectivity index (χ2v) is 5.70. The summed E-state index contributed by atoms with van der Waals surface area (Å²) in [5.41, 5.74) is 1.16. The minimum Gasteiger partial charge on any atom is -0.481 e. The number of carbonyl (C=O) groups is 1. The van der Waals surface area contributed by atoms with E-state index in [1.807, 2.05) is 6.07 Å². The molecule has 0 spiro atoms. The van der Waals surface area contributed by atoms with Crippen LogP contribution in [0.25, 0.3) is 0 Å². The highest BCUT2D eigenvalue weighted by atomic mass is 79.9. The molecule has 0 saturated carbocycles. The van der Waals surface area contributed by atoms with Crippen LogP contribution in [0.4, 0.5) is 4.39 Å². The first-order valence-corrected chi connectivity index (χ1v) is 7.67. The molecule has 0 radical (unpaired) electrons. The van der Waals surface area contributed by atoms with Gasteiger partial charge >= 0.3 is 0 Å². The van der Waals surface area contributed by atoms with E-state index in [-0.39, 0.29) is 18.3 Å². The number of benzene rings is 2. The van der Waals surface area contributed by atoms with Crippen LogP contribution in [0.3, 0.4) is 0 Å². The van der Waals surface area contributed by atoms with Crippen LogP contribution in [0.5, 0.6) is 5.75 Å². The Hall–Kier alpha value is -2.39. The van der Waals surface area contributed by atoms with Crippen LogP contribution in [-0.2, 0) is 11.3 Å². The molecular weight excluding hydrogens is 363 g/mol. The Bertz CT molecular complexity index is 741. The second kappa shape index (κ2) is 7.75. The molecule has 0 aliphatic carbocycles. The van der Waals surface area contributed by atoms with Gasteiger partial charge in [0, 0.05) is 11.0 Å². The molecule has 1 amide bonds. The first-order valence-electron chi connectivity index (χ1n) is 6.88. The van der Waals surface area contributed by atoms with Gasteiger partial charge < -0.3 is 10.1 Å². The minimum atomic E-state index is -0.713. The Morgan fingerprint density at radius 3 is 2.70 bits per heavy atom. The summed E-state index contributed by atoms with van der Waals surface area (Å²) in [5, 5.41) is 11.4. The van der Waals surface area contributed by atoms with Gasteiger partial charge in [-0.25, -0.2) is 4.39 Å². The first kappa shape index (κ1) is 17.0. The maximum atomic E-state index is 13.2. The van der Waals surface area contributed by atoms with Gasteiger partial charge in [-0.2, -0.15) is 5.26 Å². The van der Waals surface area contributed by atoms with Crippen molar-refractivity contribution in [3.63, 3.8) is 0 Å². The predicted molar refractivity (Wildman–Crippen MR) is 87.2 cm³/mol. The normalized spacial score (nSPS) is 11.4. The number of hydrogen-bond donors (Lipinski definition) is 1. The van der Waals surface area contributed by atoms with Crippen LogP contribution in [0, 0.1) is 17.1 Å². The van der Waals surface area contributed by atoms with Gasteiger partial charge in [-0.05, 0) is 55.0 Å².